The summed E-state index contributed by atoms with van der Waals surface area (Å²) in [5.74, 6) is 0.464. The van der Waals surface area contributed by atoms with Gasteiger partial charge in [0.25, 0.3) is 0 Å². The molecule has 40 valence electrons. The number of aliphatic hydroxyl groups is 1. The van der Waals surface area contributed by atoms with Crippen LogP contribution in [0.15, 0.2) is 22.8 Å². The second kappa shape index (κ2) is 1.79. The number of Topliss-reactive ketones (excluding diaryl/α,β-unsaturated/α-hetero) is 1. The van der Waals surface area contributed by atoms with Crippen molar-refractivity contribution in [1.82, 2.24) is 0 Å². The average molecular weight is 116 g/mol. The van der Waals surface area contributed by atoms with Crippen LogP contribution in [0, 0.1) is 0 Å². The number of hydrogen-bond donors (Lipinski definition) is 1. The highest BCUT2D eigenvalue weighted by molar-refractivity contribution is 6.46. The Morgan fingerprint density at radius 3 is 2.33 bits per heavy atom. The molecule has 0 aliphatic heterocycles. The summed E-state index contributed by atoms with van der Waals surface area (Å²) in [4.78, 5) is 10.5. The van der Waals surface area contributed by atoms with E-state index >= 15 is 0 Å². The molecule has 0 aromatic heterocycles. The lowest BCUT2D eigenvalue weighted by atomic mass is 9.74. The first-order chi connectivity index (χ1) is 4.18. The molecule has 0 unspecified atom stereocenters. The lowest BCUT2D eigenvalue weighted by Gasteiger charge is -2.17. The molecule has 4 heteroatoms. The molecule has 0 bridgehead atoms. The molecular weight excluding hydrogens is 114 g/mol. The van der Waals surface area contributed by atoms with Gasteiger partial charge in [-0.25, -0.2) is 0 Å². The minimum atomic E-state index is -0.380. The first kappa shape index (κ1) is 6.20. The summed E-state index contributed by atoms with van der Waals surface area (Å²) in [5.41, 5.74) is -0.000741. The van der Waals surface area contributed by atoms with E-state index < -0.39 is 0 Å². The zero-order valence-electron chi connectivity index (χ0n) is 4.59. The van der Waals surface area contributed by atoms with Crippen LogP contribution in [0.3, 0.4) is 0 Å². The first-order valence-corrected chi connectivity index (χ1v) is 2.34. The standard InChI is InChI=1S/C5H2B2O2/c6-1-2-4(8)3(7)5(2)9/h1,8H/b2-1-. The van der Waals surface area contributed by atoms with Gasteiger partial charge in [0.15, 0.2) is 5.78 Å². The van der Waals surface area contributed by atoms with Gasteiger partial charge in [0.2, 0.25) is 0 Å². The number of ketones is 1. The van der Waals surface area contributed by atoms with Crippen molar-refractivity contribution in [2.24, 2.45) is 0 Å². The van der Waals surface area contributed by atoms with Gasteiger partial charge >= 0.3 is 0 Å². The van der Waals surface area contributed by atoms with E-state index in [1.165, 1.54) is 0 Å². The molecule has 1 rings (SSSR count). The fourth-order valence-electron chi connectivity index (χ4n) is 0.597. The Morgan fingerprint density at radius 2 is 2.11 bits per heavy atom. The van der Waals surface area contributed by atoms with Crippen molar-refractivity contribution in [2.45, 2.75) is 0 Å². The number of carbonyl (C=O) groups is 1. The highest BCUT2D eigenvalue weighted by Gasteiger charge is 2.27. The Balaban J connectivity index is 3.06. The van der Waals surface area contributed by atoms with E-state index in [2.05, 4.69) is 0 Å². The molecule has 0 aromatic carbocycles. The monoisotopic (exact) mass is 116 g/mol. The van der Waals surface area contributed by atoms with Crippen LogP contribution in [-0.4, -0.2) is 26.6 Å². The van der Waals surface area contributed by atoms with Crippen molar-refractivity contribution >= 4 is 21.5 Å². The summed E-state index contributed by atoms with van der Waals surface area (Å²) in [5, 5.41) is 8.73. The van der Waals surface area contributed by atoms with E-state index in [9.17, 15) is 4.79 Å². The Bertz CT molecular complexity index is 227. The Kier molecular flexibility index (Phi) is 1.24. The van der Waals surface area contributed by atoms with Gasteiger partial charge in [-0.2, -0.15) is 0 Å². The van der Waals surface area contributed by atoms with Crippen molar-refractivity contribution < 1.29 is 9.90 Å². The maximum absolute atomic E-state index is 10.5. The number of allylic oxidation sites excluding steroid dienone is 2. The van der Waals surface area contributed by atoms with Crippen LogP contribution in [0.1, 0.15) is 0 Å². The first-order valence-electron chi connectivity index (χ1n) is 2.34. The van der Waals surface area contributed by atoms with Crippen molar-refractivity contribution in [2.75, 3.05) is 0 Å². The molecule has 0 aromatic rings. The summed E-state index contributed by atoms with van der Waals surface area (Å²) in [6, 6.07) is 0. The maximum Gasteiger partial charge on any atom is 0.184 e. The Hall–Kier alpha value is -0.920. The molecule has 1 aliphatic rings. The predicted octanol–water partition coefficient (Wildman–Crippen LogP) is -0.440. The molecule has 0 saturated heterocycles. The SMILES string of the molecule is [B]/C=C1\C(=O)C([B])=C1O. The number of hydrogen-bond acceptors (Lipinski definition) is 2. The molecule has 0 amide bonds. The van der Waals surface area contributed by atoms with Gasteiger partial charge < -0.3 is 5.11 Å². The van der Waals surface area contributed by atoms with E-state index in [4.69, 9.17) is 20.8 Å². The topological polar surface area (TPSA) is 37.3 Å². The highest BCUT2D eigenvalue weighted by atomic mass is 16.3. The normalized spacial score (nSPS) is 22.7. The van der Waals surface area contributed by atoms with E-state index in [1.807, 2.05) is 0 Å². The Morgan fingerprint density at radius 1 is 1.56 bits per heavy atom. The van der Waals surface area contributed by atoms with Crippen molar-refractivity contribution in [3.8, 4) is 0 Å². The van der Waals surface area contributed by atoms with E-state index in [0.717, 1.165) is 5.98 Å². The number of carbonyl (C=O) groups excluding carboxylic acids is 1. The van der Waals surface area contributed by atoms with Gasteiger partial charge in [-0.1, -0.05) is 0 Å². The third-order valence-corrected chi connectivity index (χ3v) is 1.17. The van der Waals surface area contributed by atoms with Gasteiger partial charge in [0.05, 0.1) is 0 Å². The van der Waals surface area contributed by atoms with Crippen LogP contribution >= 0.6 is 0 Å². The van der Waals surface area contributed by atoms with Crippen LogP contribution in [0.5, 0.6) is 0 Å². The van der Waals surface area contributed by atoms with Gasteiger partial charge in [-0.15, -0.1) is 5.98 Å². The number of aliphatic hydroxyl groups excluding tert-OH is 1. The van der Waals surface area contributed by atoms with Crippen molar-refractivity contribution in [1.29, 1.82) is 0 Å². The quantitative estimate of drug-likeness (QED) is 0.344. The van der Waals surface area contributed by atoms with Crippen LogP contribution in [0.4, 0.5) is 0 Å². The summed E-state index contributed by atoms with van der Waals surface area (Å²) in [6.45, 7) is 0. The van der Waals surface area contributed by atoms with Gasteiger partial charge in [0.1, 0.15) is 21.5 Å². The molecule has 0 atom stereocenters. The summed E-state index contributed by atoms with van der Waals surface area (Å²) >= 11 is 0. The second-order valence-electron chi connectivity index (χ2n) is 1.67. The zero-order chi connectivity index (χ0) is 7.02. The van der Waals surface area contributed by atoms with Crippen LogP contribution < -0.4 is 0 Å². The largest absolute Gasteiger partial charge is 0.508 e. The zero-order valence-corrected chi connectivity index (χ0v) is 4.59. The molecule has 1 aliphatic carbocycles. The molecule has 0 fully saturated rings. The van der Waals surface area contributed by atoms with Crippen LogP contribution in [0.2, 0.25) is 0 Å². The summed E-state index contributed by atoms with van der Waals surface area (Å²) in [6.07, 6.45) is 0. The van der Waals surface area contributed by atoms with Gasteiger partial charge in [-0.05, 0) is 5.47 Å². The Labute approximate surface area is 55.1 Å². The van der Waals surface area contributed by atoms with Crippen molar-refractivity contribution in [3.63, 3.8) is 0 Å². The van der Waals surface area contributed by atoms with E-state index in [1.54, 1.807) is 0 Å². The predicted molar refractivity (Wildman–Crippen MR) is 34.3 cm³/mol. The van der Waals surface area contributed by atoms with Crippen LogP contribution in [0.25, 0.3) is 0 Å². The molecule has 1 N–H and O–H groups in total. The lowest BCUT2D eigenvalue weighted by Crippen LogP contribution is -2.22. The minimum Gasteiger partial charge on any atom is -0.508 e. The van der Waals surface area contributed by atoms with Gasteiger partial charge in [-0.3, -0.25) is 4.79 Å². The fraction of sp³-hybridized carbons (Fsp3) is 0. The molecule has 9 heavy (non-hydrogen) atoms. The molecule has 0 heterocycles. The molecule has 2 nitrogen and oxygen atoms in total. The smallest absolute Gasteiger partial charge is 0.184 e. The molecule has 0 spiro atoms. The lowest BCUT2D eigenvalue weighted by molar-refractivity contribution is -0.113. The van der Waals surface area contributed by atoms with E-state index in [-0.39, 0.29) is 22.6 Å². The summed E-state index contributed by atoms with van der Waals surface area (Å²) in [7, 11) is 9.96. The third kappa shape index (κ3) is 0.626. The second-order valence-corrected chi connectivity index (χ2v) is 1.67. The fourth-order valence-corrected chi connectivity index (χ4v) is 0.597. The average Bonchev–Trinajstić information content (AvgIpc) is 1.89. The molecular formula is C5H2B2O2. The maximum atomic E-state index is 10.5. The highest BCUT2D eigenvalue weighted by Crippen LogP contribution is 2.24. The molecule has 4 radical (unpaired) electrons. The van der Waals surface area contributed by atoms with Crippen LogP contribution in [-0.2, 0) is 4.79 Å². The summed E-state index contributed by atoms with van der Waals surface area (Å²) < 4.78 is 0. The van der Waals surface area contributed by atoms with Crippen molar-refractivity contribution in [3.05, 3.63) is 22.8 Å². The minimum absolute atomic E-state index is 0.104. The van der Waals surface area contributed by atoms with E-state index in [0.29, 0.717) is 0 Å². The molecule has 0 saturated carbocycles. The third-order valence-electron chi connectivity index (χ3n) is 1.17. The number of rotatable bonds is 0. The van der Waals surface area contributed by atoms with Gasteiger partial charge in [0, 0.05) is 5.57 Å².